The number of benzene rings is 3. The van der Waals surface area contributed by atoms with Gasteiger partial charge in [0.25, 0.3) is 5.56 Å². The molecule has 0 bridgehead atoms. The summed E-state index contributed by atoms with van der Waals surface area (Å²) in [6, 6.07) is 23.6. The van der Waals surface area contributed by atoms with Gasteiger partial charge in [-0.25, -0.2) is 4.98 Å². The fourth-order valence-corrected chi connectivity index (χ4v) is 3.90. The van der Waals surface area contributed by atoms with Crippen LogP contribution >= 0.6 is 0 Å². The quantitative estimate of drug-likeness (QED) is 0.524. The topological polar surface area (TPSA) is 70.2 Å². The molecule has 1 aromatic heterocycles. The summed E-state index contributed by atoms with van der Waals surface area (Å²) >= 11 is 0. The highest BCUT2D eigenvalue weighted by atomic mass is 16.5. The van der Waals surface area contributed by atoms with Crippen LogP contribution in [-0.4, -0.2) is 36.1 Å². The van der Waals surface area contributed by atoms with Gasteiger partial charge in [-0.15, -0.1) is 0 Å². The Bertz CT molecular complexity index is 1250. The maximum absolute atomic E-state index is 12.8. The fraction of sp³-hybridized carbons (Fsp3) is 0.200. The Morgan fingerprint density at radius 3 is 2.58 bits per heavy atom. The van der Waals surface area contributed by atoms with Crippen molar-refractivity contribution < 1.29 is 4.74 Å². The molecular formula is C25H24N4O2. The van der Waals surface area contributed by atoms with Crippen LogP contribution in [0.2, 0.25) is 0 Å². The first-order valence-electron chi connectivity index (χ1n) is 10.5. The van der Waals surface area contributed by atoms with E-state index >= 15 is 0 Å². The zero-order valence-electron chi connectivity index (χ0n) is 17.2. The van der Waals surface area contributed by atoms with Crippen molar-refractivity contribution in [2.75, 3.05) is 31.1 Å². The lowest BCUT2D eigenvalue weighted by atomic mass is 10.1. The fourth-order valence-electron chi connectivity index (χ4n) is 3.90. The summed E-state index contributed by atoms with van der Waals surface area (Å²) in [4.78, 5) is 22.9. The third-order valence-electron chi connectivity index (χ3n) is 5.54. The number of H-pyrrole nitrogens is 1. The first kappa shape index (κ1) is 19.3. The molecule has 0 aliphatic carbocycles. The molecule has 2 heterocycles. The molecule has 156 valence electrons. The number of nitrogens with one attached hydrogen (secondary N) is 2. The van der Waals surface area contributed by atoms with E-state index < -0.39 is 0 Å². The smallest absolute Gasteiger partial charge is 0.259 e. The maximum atomic E-state index is 12.8. The zero-order valence-corrected chi connectivity index (χ0v) is 17.2. The number of piperazine rings is 1. The van der Waals surface area contributed by atoms with E-state index in [2.05, 4.69) is 27.3 Å². The molecular weight excluding hydrogens is 388 g/mol. The molecule has 0 atom stereocenters. The molecule has 1 fully saturated rings. The third-order valence-corrected chi connectivity index (χ3v) is 5.54. The Labute approximate surface area is 180 Å². The molecule has 3 aromatic carbocycles. The lowest BCUT2D eigenvalue weighted by molar-refractivity contribution is 0.309. The molecule has 0 radical (unpaired) electrons. The maximum Gasteiger partial charge on any atom is 0.259 e. The lowest BCUT2D eigenvalue weighted by Crippen LogP contribution is -2.43. The summed E-state index contributed by atoms with van der Waals surface area (Å²) < 4.78 is 6.04. The molecule has 2 N–H and O–H groups in total. The molecule has 0 amide bonds. The van der Waals surface area contributed by atoms with Crippen LogP contribution in [-0.2, 0) is 6.61 Å². The Balaban J connectivity index is 1.51. The molecule has 1 aliphatic heterocycles. The molecule has 0 saturated carbocycles. The van der Waals surface area contributed by atoms with Crippen molar-refractivity contribution in [1.82, 2.24) is 15.3 Å². The monoisotopic (exact) mass is 412 g/mol. The second kappa shape index (κ2) is 8.62. The van der Waals surface area contributed by atoms with Gasteiger partial charge >= 0.3 is 0 Å². The van der Waals surface area contributed by atoms with Gasteiger partial charge in [0.15, 0.2) is 0 Å². The standard InChI is InChI=1S/C25H24N4O2/c30-25-21-10-5-11-22(31-17-18-6-2-1-3-7-18)23(21)27-24(28-25)19-8-4-9-20(16-19)29-14-12-26-13-15-29/h1-11,16,26H,12-15,17H2,(H,27,28,30). The number of fused-ring (bicyclic) bond motifs is 1. The molecule has 1 saturated heterocycles. The average molecular weight is 412 g/mol. The van der Waals surface area contributed by atoms with Crippen LogP contribution in [0.1, 0.15) is 5.56 Å². The van der Waals surface area contributed by atoms with E-state index in [1.54, 1.807) is 6.07 Å². The van der Waals surface area contributed by atoms with Crippen molar-refractivity contribution in [3.05, 3.63) is 88.7 Å². The first-order chi connectivity index (χ1) is 15.3. The highest BCUT2D eigenvalue weighted by molar-refractivity contribution is 5.85. The van der Waals surface area contributed by atoms with Crippen molar-refractivity contribution in [2.24, 2.45) is 0 Å². The summed E-state index contributed by atoms with van der Waals surface area (Å²) in [6.07, 6.45) is 0. The van der Waals surface area contributed by atoms with Crippen LogP contribution in [0.4, 0.5) is 5.69 Å². The van der Waals surface area contributed by atoms with E-state index in [1.807, 2.05) is 54.6 Å². The summed E-state index contributed by atoms with van der Waals surface area (Å²) in [7, 11) is 0. The second-order valence-corrected chi connectivity index (χ2v) is 7.63. The van der Waals surface area contributed by atoms with Gasteiger partial charge in [-0.05, 0) is 29.8 Å². The van der Waals surface area contributed by atoms with Crippen LogP contribution in [0.25, 0.3) is 22.3 Å². The SMILES string of the molecule is O=c1[nH]c(-c2cccc(N3CCNCC3)c2)nc2c(OCc3ccccc3)cccc12. The Morgan fingerprint density at radius 1 is 0.935 bits per heavy atom. The predicted molar refractivity (Wildman–Crippen MR) is 124 cm³/mol. The van der Waals surface area contributed by atoms with Crippen LogP contribution in [0.15, 0.2) is 77.6 Å². The Hall–Kier alpha value is -3.64. The summed E-state index contributed by atoms with van der Waals surface area (Å²) in [5.74, 6) is 1.15. The molecule has 6 nitrogen and oxygen atoms in total. The predicted octanol–water partition coefficient (Wildman–Crippen LogP) is 3.58. The number of rotatable bonds is 5. The van der Waals surface area contributed by atoms with Gasteiger partial charge in [-0.1, -0.05) is 48.5 Å². The minimum absolute atomic E-state index is 0.169. The van der Waals surface area contributed by atoms with E-state index in [4.69, 9.17) is 9.72 Å². The number of anilines is 1. The minimum atomic E-state index is -0.169. The normalized spacial score (nSPS) is 14.0. The van der Waals surface area contributed by atoms with Crippen LogP contribution in [0, 0.1) is 0 Å². The van der Waals surface area contributed by atoms with Gasteiger partial charge in [-0.3, -0.25) is 4.79 Å². The molecule has 0 unspecified atom stereocenters. The highest BCUT2D eigenvalue weighted by Crippen LogP contribution is 2.27. The van der Waals surface area contributed by atoms with Gasteiger partial charge in [0.2, 0.25) is 0 Å². The second-order valence-electron chi connectivity index (χ2n) is 7.63. The number of hydrogen-bond donors (Lipinski definition) is 2. The molecule has 1 aliphatic rings. The van der Waals surface area contributed by atoms with E-state index in [0.29, 0.717) is 29.1 Å². The van der Waals surface area contributed by atoms with E-state index in [1.165, 1.54) is 0 Å². The average Bonchev–Trinajstić information content (AvgIpc) is 2.84. The largest absolute Gasteiger partial charge is 0.487 e. The number of hydrogen-bond acceptors (Lipinski definition) is 5. The Morgan fingerprint density at radius 2 is 1.74 bits per heavy atom. The molecule has 6 heteroatoms. The van der Waals surface area contributed by atoms with Crippen LogP contribution in [0.5, 0.6) is 5.75 Å². The molecule has 5 rings (SSSR count). The molecule has 31 heavy (non-hydrogen) atoms. The van der Waals surface area contributed by atoms with E-state index in [0.717, 1.165) is 43.0 Å². The summed E-state index contributed by atoms with van der Waals surface area (Å²) in [5.41, 5.74) is 3.49. The summed E-state index contributed by atoms with van der Waals surface area (Å²) in [6.45, 7) is 4.28. The number of aromatic nitrogens is 2. The van der Waals surface area contributed by atoms with Gasteiger partial charge in [0.1, 0.15) is 23.7 Å². The van der Waals surface area contributed by atoms with Crippen molar-refractivity contribution in [1.29, 1.82) is 0 Å². The molecule has 0 spiro atoms. The van der Waals surface area contributed by atoms with Gasteiger partial charge < -0.3 is 19.9 Å². The van der Waals surface area contributed by atoms with E-state index in [-0.39, 0.29) is 5.56 Å². The number of aromatic amines is 1. The number of ether oxygens (including phenoxy) is 1. The van der Waals surface area contributed by atoms with E-state index in [9.17, 15) is 4.79 Å². The summed E-state index contributed by atoms with van der Waals surface area (Å²) in [5, 5.41) is 3.89. The Kier molecular flexibility index (Phi) is 5.37. The van der Waals surface area contributed by atoms with Crippen molar-refractivity contribution >= 4 is 16.6 Å². The van der Waals surface area contributed by atoms with Crippen LogP contribution < -0.4 is 20.5 Å². The van der Waals surface area contributed by atoms with Gasteiger partial charge in [0, 0.05) is 37.4 Å². The van der Waals surface area contributed by atoms with Crippen molar-refractivity contribution in [3.8, 4) is 17.1 Å². The lowest BCUT2D eigenvalue weighted by Gasteiger charge is -2.29. The van der Waals surface area contributed by atoms with Crippen molar-refractivity contribution in [3.63, 3.8) is 0 Å². The minimum Gasteiger partial charge on any atom is -0.487 e. The van der Waals surface area contributed by atoms with Gasteiger partial charge in [0.05, 0.1) is 5.39 Å². The highest BCUT2D eigenvalue weighted by Gasteiger charge is 2.14. The first-order valence-corrected chi connectivity index (χ1v) is 10.5. The van der Waals surface area contributed by atoms with Gasteiger partial charge in [-0.2, -0.15) is 0 Å². The third kappa shape index (κ3) is 4.15. The molecule has 4 aromatic rings. The zero-order chi connectivity index (χ0) is 21.0. The van der Waals surface area contributed by atoms with Crippen molar-refractivity contribution in [2.45, 2.75) is 6.61 Å². The van der Waals surface area contributed by atoms with Crippen LogP contribution in [0.3, 0.4) is 0 Å². The number of para-hydroxylation sites is 1. The number of nitrogens with zero attached hydrogens (tertiary/aromatic N) is 2.